The molecule has 0 heterocycles. The maximum absolute atomic E-state index is 13.9. The van der Waals surface area contributed by atoms with Crippen LogP contribution in [0.25, 0.3) is 0 Å². The van der Waals surface area contributed by atoms with Crippen molar-refractivity contribution in [2.24, 2.45) is 10.9 Å². The molecule has 4 nitrogen and oxygen atoms in total. The number of aryl methyl sites for hydroxylation is 1. The molecule has 0 aliphatic carbocycles. The van der Waals surface area contributed by atoms with E-state index in [1.165, 1.54) is 0 Å². The molecule has 2 aromatic rings. The van der Waals surface area contributed by atoms with Crippen molar-refractivity contribution in [2.75, 3.05) is 0 Å². The fourth-order valence-corrected chi connectivity index (χ4v) is 2.24. The van der Waals surface area contributed by atoms with Gasteiger partial charge in [-0.15, -0.1) is 0 Å². The quantitative estimate of drug-likeness (QED) is 0.379. The van der Waals surface area contributed by atoms with E-state index in [9.17, 15) is 8.78 Å². The first-order valence-corrected chi connectivity index (χ1v) is 6.62. The third kappa shape index (κ3) is 3.30. The Morgan fingerprint density at radius 3 is 2.38 bits per heavy atom. The van der Waals surface area contributed by atoms with E-state index in [1.807, 2.05) is 6.92 Å². The third-order valence-electron chi connectivity index (χ3n) is 2.70. The average Bonchev–Trinajstić information content (AvgIpc) is 2.43. The molecular formula is C14H11BrF2N2O2. The molecule has 0 aromatic heterocycles. The summed E-state index contributed by atoms with van der Waals surface area (Å²) >= 11 is 3.26. The van der Waals surface area contributed by atoms with Crippen LogP contribution in [-0.2, 0) is 0 Å². The highest BCUT2D eigenvalue weighted by atomic mass is 79.9. The molecule has 7 heteroatoms. The molecule has 0 radical (unpaired) electrons. The minimum Gasteiger partial charge on any atom is -0.450 e. The van der Waals surface area contributed by atoms with E-state index in [1.54, 1.807) is 18.2 Å². The molecule has 0 saturated heterocycles. The topological polar surface area (TPSA) is 67.8 Å². The van der Waals surface area contributed by atoms with E-state index in [4.69, 9.17) is 15.7 Å². The molecular weight excluding hydrogens is 346 g/mol. The lowest BCUT2D eigenvalue weighted by atomic mass is 10.2. The highest BCUT2D eigenvalue weighted by Crippen LogP contribution is 2.33. The van der Waals surface area contributed by atoms with Crippen LogP contribution in [0.2, 0.25) is 0 Å². The Morgan fingerprint density at radius 1 is 1.24 bits per heavy atom. The number of halogens is 3. The summed E-state index contributed by atoms with van der Waals surface area (Å²) in [6, 6.07) is 6.96. The van der Waals surface area contributed by atoms with Crippen LogP contribution < -0.4 is 10.5 Å². The van der Waals surface area contributed by atoms with E-state index in [0.717, 1.165) is 17.7 Å². The summed E-state index contributed by atoms with van der Waals surface area (Å²) in [5.41, 5.74) is 6.18. The van der Waals surface area contributed by atoms with Crippen LogP contribution in [0.3, 0.4) is 0 Å². The molecule has 0 fully saturated rings. The van der Waals surface area contributed by atoms with E-state index in [-0.39, 0.29) is 11.3 Å². The predicted octanol–water partition coefficient (Wildman–Crippen LogP) is 3.92. The Kier molecular flexibility index (Phi) is 4.42. The number of nitrogens with zero attached hydrogens (tertiary/aromatic N) is 1. The molecule has 2 rings (SSSR count). The van der Waals surface area contributed by atoms with Crippen molar-refractivity contribution in [3.8, 4) is 11.5 Å². The standard InChI is InChI=1S/C14H11BrF2N2O2/c1-7-2-3-12(9(15)4-7)21-13-10(16)5-8(6-11(13)17)14(18)19-20/h2-6,20H,1H3,(H2,18,19). The van der Waals surface area contributed by atoms with Gasteiger partial charge in [-0.1, -0.05) is 11.2 Å². The number of ether oxygens (including phenoxy) is 1. The first-order chi connectivity index (χ1) is 9.92. The normalized spacial score (nSPS) is 11.5. The number of oxime groups is 1. The zero-order valence-electron chi connectivity index (χ0n) is 10.9. The molecule has 0 amide bonds. The number of nitrogens with two attached hydrogens (primary N) is 1. The van der Waals surface area contributed by atoms with Gasteiger partial charge < -0.3 is 15.7 Å². The van der Waals surface area contributed by atoms with E-state index >= 15 is 0 Å². The summed E-state index contributed by atoms with van der Waals surface area (Å²) in [7, 11) is 0. The molecule has 0 aliphatic heterocycles. The van der Waals surface area contributed by atoms with Crippen molar-refractivity contribution >= 4 is 21.8 Å². The fourth-order valence-electron chi connectivity index (χ4n) is 1.66. The van der Waals surface area contributed by atoms with Crippen LogP contribution in [0.4, 0.5) is 8.78 Å². The summed E-state index contributed by atoms with van der Waals surface area (Å²) < 4.78 is 33.7. The third-order valence-corrected chi connectivity index (χ3v) is 3.32. The van der Waals surface area contributed by atoms with Crippen LogP contribution in [0, 0.1) is 18.6 Å². The first-order valence-electron chi connectivity index (χ1n) is 5.83. The van der Waals surface area contributed by atoms with Gasteiger partial charge >= 0.3 is 0 Å². The van der Waals surface area contributed by atoms with E-state index in [0.29, 0.717) is 4.47 Å². The molecule has 0 atom stereocenters. The summed E-state index contributed by atoms with van der Waals surface area (Å²) in [5, 5.41) is 11.2. The van der Waals surface area contributed by atoms with E-state index in [2.05, 4.69) is 21.1 Å². The minimum atomic E-state index is -0.955. The number of hydrogen-bond donors (Lipinski definition) is 2. The first kappa shape index (κ1) is 15.2. The van der Waals surface area contributed by atoms with Gasteiger partial charge in [0.1, 0.15) is 5.75 Å². The van der Waals surface area contributed by atoms with E-state index < -0.39 is 23.2 Å². The maximum atomic E-state index is 13.9. The second-order valence-electron chi connectivity index (χ2n) is 4.29. The lowest BCUT2D eigenvalue weighted by molar-refractivity contribution is 0.318. The number of hydrogen-bond acceptors (Lipinski definition) is 3. The second kappa shape index (κ2) is 6.09. The van der Waals surface area contributed by atoms with Crippen molar-refractivity contribution in [2.45, 2.75) is 6.92 Å². The molecule has 0 aliphatic rings. The summed E-state index contributed by atoms with van der Waals surface area (Å²) in [6.07, 6.45) is 0. The largest absolute Gasteiger partial charge is 0.450 e. The molecule has 2 aromatic carbocycles. The van der Waals surface area contributed by atoms with Crippen molar-refractivity contribution in [3.05, 3.63) is 57.6 Å². The molecule has 0 spiro atoms. The minimum absolute atomic E-state index is 0.0807. The Morgan fingerprint density at radius 2 is 1.86 bits per heavy atom. The van der Waals surface area contributed by atoms with Gasteiger partial charge in [-0.25, -0.2) is 8.78 Å². The SMILES string of the molecule is Cc1ccc(Oc2c(F)cc(/C(N)=N/O)cc2F)c(Br)c1. The summed E-state index contributed by atoms with van der Waals surface area (Å²) in [4.78, 5) is 0. The molecule has 110 valence electrons. The maximum Gasteiger partial charge on any atom is 0.198 e. The van der Waals surface area contributed by atoms with Gasteiger partial charge in [-0.05, 0) is 52.7 Å². The van der Waals surface area contributed by atoms with Crippen molar-refractivity contribution < 1.29 is 18.7 Å². The Labute approximate surface area is 128 Å². The second-order valence-corrected chi connectivity index (χ2v) is 5.14. The number of amidine groups is 1. The van der Waals surface area contributed by atoms with Gasteiger partial charge in [-0.3, -0.25) is 0 Å². The van der Waals surface area contributed by atoms with Gasteiger partial charge in [0, 0.05) is 5.56 Å². The zero-order valence-corrected chi connectivity index (χ0v) is 12.5. The van der Waals surface area contributed by atoms with Crippen LogP contribution in [-0.4, -0.2) is 11.0 Å². The Bertz CT molecular complexity index is 697. The van der Waals surface area contributed by atoms with Crippen molar-refractivity contribution in [3.63, 3.8) is 0 Å². The predicted molar refractivity (Wildman–Crippen MR) is 77.8 cm³/mol. The number of rotatable bonds is 3. The highest BCUT2D eigenvalue weighted by Gasteiger charge is 2.16. The van der Waals surface area contributed by atoms with Gasteiger partial charge in [0.05, 0.1) is 4.47 Å². The highest BCUT2D eigenvalue weighted by molar-refractivity contribution is 9.10. The summed E-state index contributed by atoms with van der Waals surface area (Å²) in [5.74, 6) is -2.59. The van der Waals surface area contributed by atoms with Crippen molar-refractivity contribution in [1.29, 1.82) is 0 Å². The van der Waals surface area contributed by atoms with Crippen LogP contribution in [0.1, 0.15) is 11.1 Å². The van der Waals surface area contributed by atoms with Crippen LogP contribution >= 0.6 is 15.9 Å². The smallest absolute Gasteiger partial charge is 0.198 e. The Balaban J connectivity index is 2.41. The summed E-state index contributed by atoms with van der Waals surface area (Å²) in [6.45, 7) is 1.88. The molecule has 0 unspecified atom stereocenters. The van der Waals surface area contributed by atoms with Crippen LogP contribution in [0.15, 0.2) is 40.0 Å². The lowest BCUT2D eigenvalue weighted by Gasteiger charge is -2.11. The average molecular weight is 357 g/mol. The Hall–Kier alpha value is -2.15. The molecule has 0 saturated carbocycles. The molecule has 0 bridgehead atoms. The monoisotopic (exact) mass is 356 g/mol. The zero-order chi connectivity index (χ0) is 15.6. The molecule has 21 heavy (non-hydrogen) atoms. The van der Waals surface area contributed by atoms with Gasteiger partial charge in [-0.2, -0.15) is 0 Å². The fraction of sp³-hybridized carbons (Fsp3) is 0.0714. The van der Waals surface area contributed by atoms with Crippen molar-refractivity contribution in [1.82, 2.24) is 0 Å². The van der Waals surface area contributed by atoms with Crippen LogP contribution in [0.5, 0.6) is 11.5 Å². The van der Waals surface area contributed by atoms with Gasteiger partial charge in [0.15, 0.2) is 23.2 Å². The number of benzene rings is 2. The van der Waals surface area contributed by atoms with Gasteiger partial charge in [0.2, 0.25) is 0 Å². The lowest BCUT2D eigenvalue weighted by Crippen LogP contribution is -2.14. The molecule has 3 N–H and O–H groups in total. The van der Waals surface area contributed by atoms with Gasteiger partial charge in [0.25, 0.3) is 0 Å².